The highest BCUT2D eigenvalue weighted by atomic mass is 16.5. The van der Waals surface area contributed by atoms with Crippen LogP contribution in [0.15, 0.2) is 24.3 Å². The summed E-state index contributed by atoms with van der Waals surface area (Å²) in [5.74, 6) is 0.809. The Morgan fingerprint density at radius 1 is 1.20 bits per heavy atom. The molecule has 112 valence electrons. The van der Waals surface area contributed by atoms with E-state index in [1.54, 1.807) is 7.11 Å². The van der Waals surface area contributed by atoms with Crippen LogP contribution in [0.25, 0.3) is 0 Å². The molecule has 1 N–H and O–H groups in total. The molecule has 0 unspecified atom stereocenters. The van der Waals surface area contributed by atoms with Gasteiger partial charge in [0.2, 0.25) is 0 Å². The van der Waals surface area contributed by atoms with Crippen molar-refractivity contribution < 1.29 is 9.53 Å². The van der Waals surface area contributed by atoms with Gasteiger partial charge in [0.05, 0.1) is 7.11 Å². The minimum atomic E-state index is 0.00575. The topological polar surface area (TPSA) is 41.6 Å². The summed E-state index contributed by atoms with van der Waals surface area (Å²) in [6.07, 6.45) is 3.12. The highest BCUT2D eigenvalue weighted by molar-refractivity contribution is 5.74. The lowest BCUT2D eigenvalue weighted by atomic mass is 10.2. The average molecular weight is 278 g/mol. The number of carbonyl (C=O) groups excluding carboxylic acids is 1. The Balaban J connectivity index is 2.55. The zero-order valence-corrected chi connectivity index (χ0v) is 12.8. The van der Waals surface area contributed by atoms with E-state index in [0.717, 1.165) is 43.7 Å². The van der Waals surface area contributed by atoms with Crippen molar-refractivity contribution in [1.82, 2.24) is 10.2 Å². The highest BCUT2D eigenvalue weighted by Gasteiger charge is 2.12. The molecule has 0 aliphatic rings. The molecule has 0 fully saturated rings. The summed E-state index contributed by atoms with van der Waals surface area (Å²) in [6, 6.07) is 7.75. The van der Waals surface area contributed by atoms with Gasteiger partial charge in [0.15, 0.2) is 0 Å². The molecule has 1 rings (SSSR count). The third kappa shape index (κ3) is 5.11. The monoisotopic (exact) mass is 278 g/mol. The summed E-state index contributed by atoms with van der Waals surface area (Å²) in [4.78, 5) is 14.1. The molecule has 4 heteroatoms. The van der Waals surface area contributed by atoms with Crippen molar-refractivity contribution >= 4 is 6.03 Å². The number of nitrogens with zero attached hydrogens (tertiary/aromatic N) is 1. The first-order valence-corrected chi connectivity index (χ1v) is 7.37. The number of nitrogens with one attached hydrogen (secondary N) is 1. The van der Waals surface area contributed by atoms with E-state index in [1.807, 2.05) is 29.2 Å². The number of carbonyl (C=O) groups is 1. The van der Waals surface area contributed by atoms with E-state index in [0.29, 0.717) is 6.54 Å². The maximum absolute atomic E-state index is 12.2. The molecule has 0 spiro atoms. The highest BCUT2D eigenvalue weighted by Crippen LogP contribution is 2.16. The van der Waals surface area contributed by atoms with E-state index < -0.39 is 0 Å². The number of urea groups is 1. The minimum absolute atomic E-state index is 0.00575. The van der Waals surface area contributed by atoms with Gasteiger partial charge in [0, 0.05) is 25.2 Å². The van der Waals surface area contributed by atoms with Gasteiger partial charge in [-0.25, -0.2) is 4.79 Å². The Morgan fingerprint density at radius 3 is 2.60 bits per heavy atom. The van der Waals surface area contributed by atoms with Gasteiger partial charge in [-0.15, -0.1) is 0 Å². The largest absolute Gasteiger partial charge is 0.496 e. The van der Waals surface area contributed by atoms with Crippen LogP contribution in [0.1, 0.15) is 38.7 Å². The van der Waals surface area contributed by atoms with Gasteiger partial charge in [0.1, 0.15) is 5.75 Å². The van der Waals surface area contributed by atoms with Crippen molar-refractivity contribution in [1.29, 1.82) is 0 Å². The lowest BCUT2D eigenvalue weighted by Gasteiger charge is -2.22. The fourth-order valence-electron chi connectivity index (χ4n) is 2.07. The molecule has 0 aromatic heterocycles. The Labute approximate surface area is 122 Å². The maximum atomic E-state index is 12.2. The first-order chi connectivity index (χ1) is 9.72. The number of ether oxygens (including phenoxy) is 1. The molecule has 0 aliphatic carbocycles. The van der Waals surface area contributed by atoms with Crippen LogP contribution in [0.5, 0.6) is 5.75 Å². The number of para-hydroxylation sites is 1. The zero-order valence-electron chi connectivity index (χ0n) is 12.8. The number of unbranched alkanes of at least 4 members (excludes halogenated alkanes) is 1. The standard InChI is InChI=1S/C16H26N2O2/c1-4-6-12-18(11-5-2)16(19)17-13-14-9-7-8-10-15(14)20-3/h7-10H,4-6,11-13H2,1-3H3,(H,17,19). The summed E-state index contributed by atoms with van der Waals surface area (Å²) in [5, 5.41) is 2.97. The lowest BCUT2D eigenvalue weighted by molar-refractivity contribution is 0.196. The van der Waals surface area contributed by atoms with Crippen LogP contribution in [0.4, 0.5) is 4.79 Å². The van der Waals surface area contributed by atoms with Crippen LogP contribution < -0.4 is 10.1 Å². The van der Waals surface area contributed by atoms with Crippen molar-refractivity contribution in [2.75, 3.05) is 20.2 Å². The van der Waals surface area contributed by atoms with Crippen molar-refractivity contribution in [2.45, 2.75) is 39.7 Å². The molecule has 4 nitrogen and oxygen atoms in total. The van der Waals surface area contributed by atoms with Gasteiger partial charge in [0.25, 0.3) is 0 Å². The number of hydrogen-bond donors (Lipinski definition) is 1. The van der Waals surface area contributed by atoms with Crippen LogP contribution in [0, 0.1) is 0 Å². The second kappa shape index (κ2) is 9.23. The van der Waals surface area contributed by atoms with E-state index in [1.165, 1.54) is 0 Å². The van der Waals surface area contributed by atoms with E-state index in [2.05, 4.69) is 19.2 Å². The fraction of sp³-hybridized carbons (Fsp3) is 0.562. The average Bonchev–Trinajstić information content (AvgIpc) is 2.49. The predicted octanol–water partition coefficient (Wildman–Crippen LogP) is 3.42. The summed E-state index contributed by atoms with van der Waals surface area (Å²) in [6.45, 7) is 6.35. The Hall–Kier alpha value is -1.71. The maximum Gasteiger partial charge on any atom is 0.317 e. The Morgan fingerprint density at radius 2 is 1.95 bits per heavy atom. The van der Waals surface area contributed by atoms with Crippen molar-refractivity contribution in [2.24, 2.45) is 0 Å². The number of benzene rings is 1. The van der Waals surface area contributed by atoms with Gasteiger partial charge in [-0.05, 0) is 18.9 Å². The second-order valence-corrected chi connectivity index (χ2v) is 4.81. The molecular formula is C16H26N2O2. The van der Waals surface area contributed by atoms with E-state index >= 15 is 0 Å². The van der Waals surface area contributed by atoms with Crippen LogP contribution in [0.2, 0.25) is 0 Å². The molecular weight excluding hydrogens is 252 g/mol. The van der Waals surface area contributed by atoms with Crippen molar-refractivity contribution in [3.8, 4) is 5.75 Å². The van der Waals surface area contributed by atoms with Gasteiger partial charge in [-0.1, -0.05) is 38.5 Å². The van der Waals surface area contributed by atoms with Gasteiger partial charge in [-0.2, -0.15) is 0 Å². The molecule has 0 atom stereocenters. The molecule has 20 heavy (non-hydrogen) atoms. The number of amides is 2. The normalized spacial score (nSPS) is 10.2. The van der Waals surface area contributed by atoms with Gasteiger partial charge < -0.3 is 15.0 Å². The molecule has 1 aromatic carbocycles. The van der Waals surface area contributed by atoms with Crippen LogP contribution in [-0.2, 0) is 6.54 Å². The molecule has 1 aromatic rings. The third-order valence-electron chi connectivity index (χ3n) is 3.18. The molecule has 0 saturated carbocycles. The molecule has 0 bridgehead atoms. The fourth-order valence-corrected chi connectivity index (χ4v) is 2.07. The van der Waals surface area contributed by atoms with Gasteiger partial charge >= 0.3 is 6.03 Å². The first kappa shape index (κ1) is 16.3. The molecule has 0 aliphatic heterocycles. The minimum Gasteiger partial charge on any atom is -0.496 e. The van der Waals surface area contributed by atoms with Crippen LogP contribution in [-0.4, -0.2) is 31.1 Å². The van der Waals surface area contributed by atoms with E-state index in [4.69, 9.17) is 4.74 Å². The Kier molecular flexibility index (Phi) is 7.55. The summed E-state index contributed by atoms with van der Waals surface area (Å²) in [5.41, 5.74) is 0.996. The summed E-state index contributed by atoms with van der Waals surface area (Å²) >= 11 is 0. The second-order valence-electron chi connectivity index (χ2n) is 4.81. The predicted molar refractivity (Wildman–Crippen MR) is 82.0 cm³/mol. The summed E-state index contributed by atoms with van der Waals surface area (Å²) in [7, 11) is 1.64. The van der Waals surface area contributed by atoms with Crippen LogP contribution in [0.3, 0.4) is 0 Å². The van der Waals surface area contributed by atoms with Gasteiger partial charge in [-0.3, -0.25) is 0 Å². The quantitative estimate of drug-likeness (QED) is 0.791. The van der Waals surface area contributed by atoms with E-state index in [-0.39, 0.29) is 6.03 Å². The SMILES string of the molecule is CCCCN(CCC)C(=O)NCc1ccccc1OC. The molecule has 0 radical (unpaired) electrons. The van der Waals surface area contributed by atoms with E-state index in [9.17, 15) is 4.79 Å². The molecule has 0 heterocycles. The smallest absolute Gasteiger partial charge is 0.317 e. The van der Waals surface area contributed by atoms with Crippen molar-refractivity contribution in [3.05, 3.63) is 29.8 Å². The molecule has 2 amide bonds. The number of methoxy groups -OCH3 is 1. The van der Waals surface area contributed by atoms with Crippen molar-refractivity contribution in [3.63, 3.8) is 0 Å². The molecule has 0 saturated heterocycles. The Bertz CT molecular complexity index is 407. The van der Waals surface area contributed by atoms with Crippen LogP contribution >= 0.6 is 0 Å². The third-order valence-corrected chi connectivity index (χ3v) is 3.18. The zero-order chi connectivity index (χ0) is 14.8. The number of rotatable bonds is 8. The lowest BCUT2D eigenvalue weighted by Crippen LogP contribution is -2.40. The first-order valence-electron chi connectivity index (χ1n) is 7.37. The number of hydrogen-bond acceptors (Lipinski definition) is 2. The summed E-state index contributed by atoms with van der Waals surface area (Å²) < 4.78 is 5.29.